The smallest absolute Gasteiger partial charge is 0.223 e. The lowest BCUT2D eigenvalue weighted by Gasteiger charge is -2.28. The molecule has 0 bridgehead atoms. The highest BCUT2D eigenvalue weighted by Crippen LogP contribution is 2.19. The van der Waals surface area contributed by atoms with Gasteiger partial charge >= 0.3 is 0 Å². The summed E-state index contributed by atoms with van der Waals surface area (Å²) in [6.45, 7) is 5.87. The Kier molecular flexibility index (Phi) is 7.31. The molecule has 2 aliphatic heterocycles. The Morgan fingerprint density at radius 3 is 2.92 bits per heavy atom. The standard InChI is InChI=1S/C18H28N4O.ClH/c1-14-11-16(6-8-19-14)18(23)21-13-15-5-7-20-17(12-15)22-9-3-2-4-10-22;/h5,7,12,14,16,19H,2-4,6,8-11,13H2,1H3,(H,21,23);1H/t14-,16-;/m0./s1. The van der Waals surface area contributed by atoms with Crippen LogP contribution in [0.15, 0.2) is 18.3 Å². The van der Waals surface area contributed by atoms with Gasteiger partial charge < -0.3 is 15.5 Å². The minimum absolute atomic E-state index is 0. The Bertz CT molecular complexity index is 534. The van der Waals surface area contributed by atoms with E-state index in [9.17, 15) is 4.79 Å². The molecule has 2 aliphatic rings. The van der Waals surface area contributed by atoms with Gasteiger partial charge in [0.25, 0.3) is 0 Å². The number of nitrogens with one attached hydrogen (secondary N) is 2. The second kappa shape index (κ2) is 9.23. The first-order chi connectivity index (χ1) is 11.2. The molecule has 24 heavy (non-hydrogen) atoms. The number of nitrogens with zero attached hydrogens (tertiary/aromatic N) is 2. The van der Waals surface area contributed by atoms with Crippen LogP contribution in [0.1, 0.15) is 44.6 Å². The molecule has 0 saturated carbocycles. The molecule has 6 heteroatoms. The number of carbonyl (C=O) groups excluding carboxylic acids is 1. The molecule has 2 saturated heterocycles. The van der Waals surface area contributed by atoms with Gasteiger partial charge in [-0.3, -0.25) is 4.79 Å². The number of amides is 1. The van der Waals surface area contributed by atoms with Gasteiger partial charge in [-0.2, -0.15) is 0 Å². The quantitative estimate of drug-likeness (QED) is 0.874. The van der Waals surface area contributed by atoms with Crippen molar-refractivity contribution in [2.24, 2.45) is 5.92 Å². The first-order valence-electron chi connectivity index (χ1n) is 8.93. The Balaban J connectivity index is 0.00000208. The number of aromatic nitrogens is 1. The molecular weight excluding hydrogens is 324 g/mol. The molecule has 0 spiro atoms. The molecule has 1 aromatic heterocycles. The summed E-state index contributed by atoms with van der Waals surface area (Å²) in [5, 5.41) is 6.50. The fraction of sp³-hybridized carbons (Fsp3) is 0.667. The summed E-state index contributed by atoms with van der Waals surface area (Å²) in [5.41, 5.74) is 1.14. The van der Waals surface area contributed by atoms with E-state index >= 15 is 0 Å². The monoisotopic (exact) mass is 352 g/mol. The number of pyridine rings is 1. The number of piperidine rings is 2. The van der Waals surface area contributed by atoms with E-state index in [2.05, 4.69) is 33.5 Å². The molecule has 3 heterocycles. The second-order valence-corrected chi connectivity index (χ2v) is 6.86. The van der Waals surface area contributed by atoms with Crippen molar-refractivity contribution in [3.05, 3.63) is 23.9 Å². The lowest BCUT2D eigenvalue weighted by molar-refractivity contribution is -0.126. The number of anilines is 1. The Hall–Kier alpha value is -1.33. The summed E-state index contributed by atoms with van der Waals surface area (Å²) in [5.74, 6) is 1.39. The van der Waals surface area contributed by atoms with Crippen LogP contribution in [-0.2, 0) is 11.3 Å². The number of carbonyl (C=O) groups is 1. The number of halogens is 1. The van der Waals surface area contributed by atoms with Gasteiger partial charge in [-0.05, 0) is 63.3 Å². The largest absolute Gasteiger partial charge is 0.357 e. The molecular formula is C18H29ClN4O. The van der Waals surface area contributed by atoms with E-state index in [1.807, 2.05) is 12.3 Å². The summed E-state index contributed by atoms with van der Waals surface area (Å²) < 4.78 is 0. The fourth-order valence-electron chi connectivity index (χ4n) is 3.57. The summed E-state index contributed by atoms with van der Waals surface area (Å²) in [4.78, 5) is 19.2. The van der Waals surface area contributed by atoms with Crippen molar-refractivity contribution in [1.82, 2.24) is 15.6 Å². The highest BCUT2D eigenvalue weighted by molar-refractivity contribution is 5.85. The van der Waals surface area contributed by atoms with Crippen molar-refractivity contribution < 1.29 is 4.79 Å². The maximum atomic E-state index is 12.3. The molecule has 0 aliphatic carbocycles. The van der Waals surface area contributed by atoms with E-state index in [1.54, 1.807) is 0 Å². The van der Waals surface area contributed by atoms with Crippen molar-refractivity contribution in [3.63, 3.8) is 0 Å². The van der Waals surface area contributed by atoms with Gasteiger partial charge in [0.05, 0.1) is 0 Å². The zero-order valence-electron chi connectivity index (χ0n) is 14.5. The van der Waals surface area contributed by atoms with Gasteiger partial charge in [-0.1, -0.05) is 0 Å². The van der Waals surface area contributed by atoms with Gasteiger partial charge in [-0.25, -0.2) is 4.98 Å². The Labute approximate surface area is 151 Å². The minimum atomic E-state index is 0. The molecule has 134 valence electrons. The molecule has 0 radical (unpaired) electrons. The van der Waals surface area contributed by atoms with Crippen LogP contribution < -0.4 is 15.5 Å². The van der Waals surface area contributed by atoms with Crippen LogP contribution in [0.25, 0.3) is 0 Å². The average molecular weight is 353 g/mol. The summed E-state index contributed by atoms with van der Waals surface area (Å²) in [6.07, 6.45) is 7.54. The van der Waals surface area contributed by atoms with Gasteiger partial charge in [0.15, 0.2) is 0 Å². The maximum Gasteiger partial charge on any atom is 0.223 e. The molecule has 0 aromatic carbocycles. The number of hydrogen-bond acceptors (Lipinski definition) is 4. The second-order valence-electron chi connectivity index (χ2n) is 6.86. The van der Waals surface area contributed by atoms with E-state index in [1.165, 1.54) is 19.3 Å². The first kappa shape index (κ1) is 19.0. The Morgan fingerprint density at radius 2 is 2.17 bits per heavy atom. The fourth-order valence-corrected chi connectivity index (χ4v) is 3.57. The highest BCUT2D eigenvalue weighted by Gasteiger charge is 2.24. The van der Waals surface area contributed by atoms with Crippen LogP contribution in [-0.4, -0.2) is 36.6 Å². The molecule has 2 N–H and O–H groups in total. The number of hydrogen-bond donors (Lipinski definition) is 2. The van der Waals surface area contributed by atoms with E-state index in [0.29, 0.717) is 12.6 Å². The minimum Gasteiger partial charge on any atom is -0.357 e. The number of rotatable bonds is 4. The van der Waals surface area contributed by atoms with Crippen molar-refractivity contribution in [1.29, 1.82) is 0 Å². The van der Waals surface area contributed by atoms with Gasteiger partial charge in [0.2, 0.25) is 5.91 Å². The van der Waals surface area contributed by atoms with E-state index in [0.717, 1.165) is 43.9 Å². The molecule has 2 fully saturated rings. The normalized spacial score (nSPS) is 24.1. The van der Waals surface area contributed by atoms with Crippen LogP contribution in [0, 0.1) is 5.92 Å². The van der Waals surface area contributed by atoms with E-state index in [-0.39, 0.29) is 24.2 Å². The third-order valence-corrected chi connectivity index (χ3v) is 4.95. The lowest BCUT2D eigenvalue weighted by atomic mass is 9.92. The van der Waals surface area contributed by atoms with Crippen molar-refractivity contribution >= 4 is 24.1 Å². The van der Waals surface area contributed by atoms with E-state index in [4.69, 9.17) is 0 Å². The Morgan fingerprint density at radius 1 is 1.38 bits per heavy atom. The van der Waals surface area contributed by atoms with Gasteiger partial charge in [0.1, 0.15) is 5.82 Å². The highest BCUT2D eigenvalue weighted by atomic mass is 35.5. The van der Waals surface area contributed by atoms with Crippen LogP contribution in [0.3, 0.4) is 0 Å². The van der Waals surface area contributed by atoms with Gasteiger partial charge in [0, 0.05) is 37.8 Å². The summed E-state index contributed by atoms with van der Waals surface area (Å²) in [6, 6.07) is 4.56. The van der Waals surface area contributed by atoms with Crippen molar-refractivity contribution in [2.45, 2.75) is 51.6 Å². The lowest BCUT2D eigenvalue weighted by Crippen LogP contribution is -2.42. The van der Waals surface area contributed by atoms with Gasteiger partial charge in [-0.15, -0.1) is 12.4 Å². The molecule has 5 nitrogen and oxygen atoms in total. The predicted molar refractivity (Wildman–Crippen MR) is 99.6 cm³/mol. The van der Waals surface area contributed by atoms with Crippen LogP contribution >= 0.6 is 12.4 Å². The molecule has 0 unspecified atom stereocenters. The third-order valence-electron chi connectivity index (χ3n) is 4.95. The van der Waals surface area contributed by atoms with Crippen molar-refractivity contribution in [3.8, 4) is 0 Å². The molecule has 1 aromatic rings. The third kappa shape index (κ3) is 5.08. The topological polar surface area (TPSA) is 57.3 Å². The predicted octanol–water partition coefficient (Wildman–Crippen LogP) is 2.50. The summed E-state index contributed by atoms with van der Waals surface area (Å²) >= 11 is 0. The van der Waals surface area contributed by atoms with Crippen LogP contribution in [0.2, 0.25) is 0 Å². The van der Waals surface area contributed by atoms with Crippen molar-refractivity contribution in [2.75, 3.05) is 24.5 Å². The SMILES string of the molecule is C[C@H]1C[C@@H](C(=O)NCc2ccnc(N3CCCCC3)c2)CCN1.Cl. The van der Waals surface area contributed by atoms with E-state index < -0.39 is 0 Å². The summed E-state index contributed by atoms with van der Waals surface area (Å²) in [7, 11) is 0. The maximum absolute atomic E-state index is 12.3. The molecule has 2 atom stereocenters. The average Bonchev–Trinajstić information content (AvgIpc) is 2.61. The molecule has 1 amide bonds. The van der Waals surface area contributed by atoms with Crippen LogP contribution in [0.5, 0.6) is 0 Å². The zero-order chi connectivity index (χ0) is 16.1. The molecule has 3 rings (SSSR count). The van der Waals surface area contributed by atoms with Crippen LogP contribution in [0.4, 0.5) is 5.82 Å². The zero-order valence-corrected chi connectivity index (χ0v) is 15.3. The first-order valence-corrected chi connectivity index (χ1v) is 8.93.